The van der Waals surface area contributed by atoms with Crippen molar-refractivity contribution < 1.29 is 13.2 Å². The Hall–Kier alpha value is -1.64. The second kappa shape index (κ2) is 7.94. The third-order valence-electron chi connectivity index (χ3n) is 4.23. The van der Waals surface area contributed by atoms with Crippen LogP contribution in [0.5, 0.6) is 0 Å². The van der Waals surface area contributed by atoms with Crippen molar-refractivity contribution >= 4 is 44.0 Å². The van der Waals surface area contributed by atoms with Gasteiger partial charge in [-0.2, -0.15) is 0 Å². The Bertz CT molecular complexity index is 886. The number of amides is 1. The van der Waals surface area contributed by atoms with Gasteiger partial charge >= 0.3 is 0 Å². The number of hydrogen-bond acceptors (Lipinski definition) is 5. The van der Waals surface area contributed by atoms with E-state index in [1.165, 1.54) is 24.3 Å². The molecule has 9 heteroatoms. The number of hydrogen-bond donors (Lipinski definition) is 1. The highest BCUT2D eigenvalue weighted by Gasteiger charge is 2.24. The van der Waals surface area contributed by atoms with Gasteiger partial charge in [-0.15, -0.1) is 0 Å². The summed E-state index contributed by atoms with van der Waals surface area (Å²) in [5, 5.41) is 0.648. The van der Waals surface area contributed by atoms with Gasteiger partial charge in [0.1, 0.15) is 4.88 Å². The molecule has 1 aliphatic rings. The number of benzene rings is 1. The minimum Gasteiger partial charge on any atom is -0.338 e. The smallest absolute Gasteiger partial charge is 0.265 e. The number of carbonyl (C=O) groups excluding carboxylic acids is 1. The summed E-state index contributed by atoms with van der Waals surface area (Å²) in [5.74, 6) is -0.0705. The van der Waals surface area contributed by atoms with E-state index in [-0.39, 0.29) is 15.9 Å². The molecule has 1 amide bonds. The Morgan fingerprint density at radius 2 is 1.77 bits per heavy atom. The average Bonchev–Trinajstić information content (AvgIpc) is 2.80. The normalized spacial score (nSPS) is 15.5. The minimum absolute atomic E-state index is 0.0705. The molecule has 1 aliphatic heterocycles. The van der Waals surface area contributed by atoms with Crippen molar-refractivity contribution in [2.75, 3.05) is 17.8 Å². The van der Waals surface area contributed by atoms with E-state index in [4.69, 9.17) is 11.6 Å². The van der Waals surface area contributed by atoms with E-state index in [1.54, 1.807) is 6.92 Å². The Morgan fingerprint density at radius 1 is 1.15 bits per heavy atom. The number of likely N-dealkylation sites (tertiary alicyclic amines) is 1. The first kappa shape index (κ1) is 19.1. The SMILES string of the molecule is Cc1nc(NS(=O)(=O)c2ccc(Cl)cc2)sc1C(=O)N1CCCCCC1. The van der Waals surface area contributed by atoms with Crippen molar-refractivity contribution in [2.45, 2.75) is 37.5 Å². The standard InChI is InChI=1S/C17H20ClN3O3S2/c1-12-15(16(22)21-10-4-2-3-5-11-21)25-17(19-12)20-26(23,24)14-8-6-13(18)7-9-14/h6-9H,2-5,10-11H2,1H3,(H,19,20). The summed E-state index contributed by atoms with van der Waals surface area (Å²) in [5.41, 5.74) is 0.540. The van der Waals surface area contributed by atoms with E-state index in [0.29, 0.717) is 15.6 Å². The lowest BCUT2D eigenvalue weighted by Gasteiger charge is -2.19. The summed E-state index contributed by atoms with van der Waals surface area (Å²) in [6.07, 6.45) is 4.27. The molecule has 2 heterocycles. The number of aromatic nitrogens is 1. The zero-order chi connectivity index (χ0) is 18.7. The first-order chi connectivity index (χ1) is 12.4. The molecule has 1 N–H and O–H groups in total. The molecule has 1 aromatic carbocycles. The number of nitrogens with one attached hydrogen (secondary N) is 1. The largest absolute Gasteiger partial charge is 0.338 e. The number of sulfonamides is 1. The predicted octanol–water partition coefficient (Wildman–Crippen LogP) is 3.92. The van der Waals surface area contributed by atoms with E-state index in [9.17, 15) is 13.2 Å². The number of anilines is 1. The van der Waals surface area contributed by atoms with Crippen LogP contribution < -0.4 is 4.72 Å². The third-order valence-corrected chi connectivity index (χ3v) is 7.03. The van der Waals surface area contributed by atoms with Crippen LogP contribution in [0.2, 0.25) is 5.02 Å². The Balaban J connectivity index is 1.79. The van der Waals surface area contributed by atoms with Gasteiger partial charge in [0.2, 0.25) is 0 Å². The highest BCUT2D eigenvalue weighted by atomic mass is 35.5. The van der Waals surface area contributed by atoms with Gasteiger partial charge in [-0.1, -0.05) is 35.8 Å². The highest BCUT2D eigenvalue weighted by molar-refractivity contribution is 7.93. The van der Waals surface area contributed by atoms with Crippen molar-refractivity contribution in [2.24, 2.45) is 0 Å². The summed E-state index contributed by atoms with van der Waals surface area (Å²) in [7, 11) is -3.78. The predicted molar refractivity (Wildman–Crippen MR) is 103 cm³/mol. The molecular weight excluding hydrogens is 394 g/mol. The fourth-order valence-electron chi connectivity index (χ4n) is 2.84. The molecule has 0 bridgehead atoms. The van der Waals surface area contributed by atoms with Crippen LogP contribution in [-0.2, 0) is 10.0 Å². The summed E-state index contributed by atoms with van der Waals surface area (Å²) in [4.78, 5) is 19.4. The Labute approximate surface area is 162 Å². The number of rotatable bonds is 4. The number of nitrogens with zero attached hydrogens (tertiary/aromatic N) is 2. The lowest BCUT2D eigenvalue weighted by Crippen LogP contribution is -2.31. The van der Waals surface area contributed by atoms with Gasteiger partial charge in [-0.25, -0.2) is 13.4 Å². The van der Waals surface area contributed by atoms with Gasteiger partial charge in [0.05, 0.1) is 10.6 Å². The second-order valence-electron chi connectivity index (χ2n) is 6.20. The lowest BCUT2D eigenvalue weighted by molar-refractivity contribution is 0.0765. The van der Waals surface area contributed by atoms with Crippen LogP contribution in [-0.4, -0.2) is 37.3 Å². The molecular formula is C17H20ClN3O3S2. The van der Waals surface area contributed by atoms with Gasteiger partial charge in [-0.05, 0) is 44.0 Å². The molecule has 1 saturated heterocycles. The van der Waals surface area contributed by atoms with Crippen molar-refractivity contribution in [3.63, 3.8) is 0 Å². The summed E-state index contributed by atoms with van der Waals surface area (Å²) in [6.45, 7) is 3.20. The van der Waals surface area contributed by atoms with Gasteiger partial charge in [0.25, 0.3) is 15.9 Å². The summed E-state index contributed by atoms with van der Waals surface area (Å²) < 4.78 is 27.4. The third kappa shape index (κ3) is 4.36. The van der Waals surface area contributed by atoms with Crippen LogP contribution >= 0.6 is 22.9 Å². The molecule has 1 fully saturated rings. The zero-order valence-electron chi connectivity index (χ0n) is 14.4. The highest BCUT2D eigenvalue weighted by Crippen LogP contribution is 2.27. The van der Waals surface area contributed by atoms with Crippen LogP contribution in [0.1, 0.15) is 41.0 Å². The fraction of sp³-hybridized carbons (Fsp3) is 0.412. The average molecular weight is 414 g/mol. The quantitative estimate of drug-likeness (QED) is 0.823. The van der Waals surface area contributed by atoms with E-state index < -0.39 is 10.0 Å². The Kier molecular flexibility index (Phi) is 5.84. The molecule has 140 valence electrons. The van der Waals surface area contributed by atoms with Crippen LogP contribution in [0.4, 0.5) is 5.13 Å². The van der Waals surface area contributed by atoms with E-state index >= 15 is 0 Å². The zero-order valence-corrected chi connectivity index (χ0v) is 16.8. The molecule has 3 rings (SSSR count). The molecule has 0 atom stereocenters. The first-order valence-electron chi connectivity index (χ1n) is 8.42. The van der Waals surface area contributed by atoms with Crippen LogP contribution in [0.15, 0.2) is 29.2 Å². The fourth-order valence-corrected chi connectivity index (χ4v) is 5.14. The van der Waals surface area contributed by atoms with Crippen molar-refractivity contribution in [3.05, 3.63) is 39.9 Å². The van der Waals surface area contributed by atoms with E-state index in [1.807, 2.05) is 4.90 Å². The summed E-state index contributed by atoms with van der Waals surface area (Å²) in [6, 6.07) is 5.87. The molecule has 1 aromatic heterocycles. The van der Waals surface area contributed by atoms with Crippen molar-refractivity contribution in [3.8, 4) is 0 Å². The van der Waals surface area contributed by atoms with E-state index in [2.05, 4.69) is 9.71 Å². The molecule has 0 unspecified atom stereocenters. The lowest BCUT2D eigenvalue weighted by atomic mass is 10.2. The first-order valence-corrected chi connectivity index (χ1v) is 11.1. The van der Waals surface area contributed by atoms with Gasteiger partial charge in [0.15, 0.2) is 5.13 Å². The molecule has 0 spiro atoms. The Morgan fingerprint density at radius 3 is 2.38 bits per heavy atom. The maximum atomic E-state index is 12.8. The molecule has 2 aromatic rings. The van der Waals surface area contributed by atoms with Crippen molar-refractivity contribution in [1.29, 1.82) is 0 Å². The van der Waals surface area contributed by atoms with Gasteiger partial charge < -0.3 is 4.90 Å². The maximum absolute atomic E-state index is 12.8. The molecule has 0 radical (unpaired) electrons. The van der Waals surface area contributed by atoms with Crippen molar-refractivity contribution in [1.82, 2.24) is 9.88 Å². The van der Waals surface area contributed by atoms with Crippen LogP contribution in [0.25, 0.3) is 0 Å². The van der Waals surface area contributed by atoms with Crippen LogP contribution in [0.3, 0.4) is 0 Å². The van der Waals surface area contributed by atoms with Crippen LogP contribution in [0, 0.1) is 6.92 Å². The number of halogens is 1. The van der Waals surface area contributed by atoms with Gasteiger partial charge in [0, 0.05) is 18.1 Å². The maximum Gasteiger partial charge on any atom is 0.265 e. The van der Waals surface area contributed by atoms with Gasteiger partial charge in [-0.3, -0.25) is 9.52 Å². The molecule has 26 heavy (non-hydrogen) atoms. The monoisotopic (exact) mass is 413 g/mol. The van der Waals surface area contributed by atoms with E-state index in [0.717, 1.165) is 50.1 Å². The summed E-state index contributed by atoms with van der Waals surface area (Å²) >= 11 is 6.87. The number of aryl methyl sites for hydroxylation is 1. The number of carbonyl (C=O) groups is 1. The minimum atomic E-state index is -3.78. The molecule has 0 aliphatic carbocycles. The molecule has 0 saturated carbocycles. The molecule has 6 nitrogen and oxygen atoms in total. The topological polar surface area (TPSA) is 79.4 Å². The second-order valence-corrected chi connectivity index (χ2v) is 9.32. The number of thiazole rings is 1.